The summed E-state index contributed by atoms with van der Waals surface area (Å²) in [5, 5.41) is 10.3. The quantitative estimate of drug-likeness (QED) is 0.891. The Bertz CT molecular complexity index is 571. The molecular weight excluding hydrogens is 297 g/mol. The molecule has 1 aromatic carbocycles. The van der Waals surface area contributed by atoms with Crippen LogP contribution in [0.2, 0.25) is 10.0 Å². The van der Waals surface area contributed by atoms with Gasteiger partial charge in [0.25, 0.3) is 0 Å². The van der Waals surface area contributed by atoms with E-state index in [9.17, 15) is 5.11 Å². The maximum absolute atomic E-state index is 9.20. The van der Waals surface area contributed by atoms with E-state index >= 15 is 0 Å². The fraction of sp³-hybridized carbons (Fsp3) is 0.357. The highest BCUT2D eigenvalue weighted by atomic mass is 35.5. The molecule has 0 atom stereocenters. The Morgan fingerprint density at radius 1 is 1.25 bits per heavy atom. The van der Waals surface area contributed by atoms with E-state index in [0.29, 0.717) is 29.7 Å². The van der Waals surface area contributed by atoms with Gasteiger partial charge in [0.2, 0.25) is 0 Å². The van der Waals surface area contributed by atoms with Crippen molar-refractivity contribution in [1.29, 1.82) is 0 Å². The second-order valence-corrected chi connectivity index (χ2v) is 5.45. The number of hydrogen-bond acceptors (Lipinski definition) is 3. The molecule has 0 bridgehead atoms. The van der Waals surface area contributed by atoms with Gasteiger partial charge >= 0.3 is 0 Å². The minimum atomic E-state index is 0.103. The Morgan fingerprint density at radius 2 is 2.05 bits per heavy atom. The minimum absolute atomic E-state index is 0.103. The molecule has 2 aromatic rings. The third kappa shape index (κ3) is 3.96. The van der Waals surface area contributed by atoms with Gasteiger partial charge in [-0.1, -0.05) is 29.3 Å². The van der Waals surface area contributed by atoms with E-state index in [1.165, 1.54) is 0 Å². The Kier molecular flexibility index (Phi) is 5.43. The normalized spacial score (nSPS) is 11.2. The van der Waals surface area contributed by atoms with Gasteiger partial charge in [-0.15, -0.1) is 0 Å². The van der Waals surface area contributed by atoms with E-state index in [1.54, 1.807) is 12.3 Å². The molecule has 0 aliphatic heterocycles. The molecule has 0 saturated heterocycles. The molecule has 0 saturated carbocycles. The van der Waals surface area contributed by atoms with Crippen molar-refractivity contribution in [2.75, 3.05) is 13.2 Å². The maximum atomic E-state index is 9.20. The molecular formula is C14H17Cl2N3O. The molecule has 0 fully saturated rings. The third-order valence-electron chi connectivity index (χ3n) is 3.09. The summed E-state index contributed by atoms with van der Waals surface area (Å²) in [6, 6.07) is 5.58. The summed E-state index contributed by atoms with van der Waals surface area (Å²) >= 11 is 11.9. The Balaban J connectivity index is 2.08. The first-order valence-electron chi connectivity index (χ1n) is 6.33. The topological polar surface area (TPSA) is 41.3 Å². The molecule has 0 unspecified atom stereocenters. The summed E-state index contributed by atoms with van der Waals surface area (Å²) in [5.41, 5.74) is 1.06. The monoisotopic (exact) mass is 313 g/mol. The summed E-state index contributed by atoms with van der Waals surface area (Å²) < 4.78 is 1.97. The summed E-state index contributed by atoms with van der Waals surface area (Å²) in [5.74, 6) is 0.957. The molecule has 0 aliphatic carbocycles. The zero-order chi connectivity index (χ0) is 14.5. The lowest BCUT2D eigenvalue weighted by Gasteiger charge is -2.21. The van der Waals surface area contributed by atoms with Crippen molar-refractivity contribution in [3.8, 4) is 0 Å². The number of halogens is 2. The SMILES string of the molecule is Cn1ccnc1CN(CCO)Cc1ccc(Cl)c(Cl)c1. The molecule has 2 rings (SSSR count). The van der Waals surface area contributed by atoms with Crippen LogP contribution in [0.5, 0.6) is 0 Å². The van der Waals surface area contributed by atoms with E-state index in [0.717, 1.165) is 11.4 Å². The molecule has 108 valence electrons. The van der Waals surface area contributed by atoms with Crippen LogP contribution in [0.25, 0.3) is 0 Å². The molecule has 1 N–H and O–H groups in total. The van der Waals surface area contributed by atoms with Gasteiger partial charge in [-0.3, -0.25) is 4.90 Å². The van der Waals surface area contributed by atoms with Crippen molar-refractivity contribution < 1.29 is 5.11 Å². The van der Waals surface area contributed by atoms with Crippen LogP contribution in [0.15, 0.2) is 30.6 Å². The molecule has 0 spiro atoms. The lowest BCUT2D eigenvalue weighted by molar-refractivity contribution is 0.180. The van der Waals surface area contributed by atoms with Gasteiger partial charge < -0.3 is 9.67 Å². The van der Waals surface area contributed by atoms with Gasteiger partial charge in [-0.2, -0.15) is 0 Å². The van der Waals surface area contributed by atoms with E-state index in [4.69, 9.17) is 23.2 Å². The van der Waals surface area contributed by atoms with E-state index in [2.05, 4.69) is 9.88 Å². The fourth-order valence-electron chi connectivity index (χ4n) is 2.00. The standard InChI is InChI=1S/C14H17Cl2N3O/c1-18-5-4-17-14(18)10-19(6-7-20)9-11-2-3-12(15)13(16)8-11/h2-5,8,20H,6-7,9-10H2,1H3. The van der Waals surface area contributed by atoms with Crippen molar-refractivity contribution in [2.24, 2.45) is 7.05 Å². The number of aliphatic hydroxyl groups is 1. The number of aliphatic hydroxyl groups excluding tert-OH is 1. The molecule has 1 aromatic heterocycles. The van der Waals surface area contributed by atoms with Gasteiger partial charge in [-0.05, 0) is 17.7 Å². The predicted octanol–water partition coefficient (Wildman–Crippen LogP) is 2.72. The Hall–Kier alpha value is -1.07. The van der Waals surface area contributed by atoms with Gasteiger partial charge in [0.05, 0.1) is 23.2 Å². The Morgan fingerprint density at radius 3 is 2.65 bits per heavy atom. The highest BCUT2D eigenvalue weighted by molar-refractivity contribution is 6.42. The van der Waals surface area contributed by atoms with Crippen LogP contribution in [0.1, 0.15) is 11.4 Å². The van der Waals surface area contributed by atoms with Gasteiger partial charge in [0, 0.05) is 32.5 Å². The zero-order valence-corrected chi connectivity index (χ0v) is 12.8. The van der Waals surface area contributed by atoms with Crippen LogP contribution in [0, 0.1) is 0 Å². The second-order valence-electron chi connectivity index (χ2n) is 4.64. The van der Waals surface area contributed by atoms with Crippen LogP contribution in [0.3, 0.4) is 0 Å². The average molecular weight is 314 g/mol. The first-order valence-corrected chi connectivity index (χ1v) is 7.09. The number of aryl methyl sites for hydroxylation is 1. The largest absolute Gasteiger partial charge is 0.395 e. The molecule has 0 amide bonds. The molecule has 0 radical (unpaired) electrons. The Labute approximate surface area is 128 Å². The number of aromatic nitrogens is 2. The van der Waals surface area contributed by atoms with E-state index in [1.807, 2.05) is 29.9 Å². The maximum Gasteiger partial charge on any atom is 0.122 e. The predicted molar refractivity (Wildman–Crippen MR) is 80.9 cm³/mol. The third-order valence-corrected chi connectivity index (χ3v) is 3.83. The summed E-state index contributed by atoms with van der Waals surface area (Å²) in [4.78, 5) is 6.42. The number of imidazole rings is 1. The van der Waals surface area contributed by atoms with Crippen LogP contribution >= 0.6 is 23.2 Å². The number of nitrogens with zero attached hydrogens (tertiary/aromatic N) is 3. The van der Waals surface area contributed by atoms with Crippen LogP contribution in [0.4, 0.5) is 0 Å². The zero-order valence-electron chi connectivity index (χ0n) is 11.3. The molecule has 20 heavy (non-hydrogen) atoms. The van der Waals surface area contributed by atoms with E-state index < -0.39 is 0 Å². The number of benzene rings is 1. The fourth-order valence-corrected chi connectivity index (χ4v) is 2.32. The molecule has 1 heterocycles. The highest BCUT2D eigenvalue weighted by Crippen LogP contribution is 2.23. The van der Waals surface area contributed by atoms with Gasteiger partial charge in [0.1, 0.15) is 5.82 Å². The van der Waals surface area contributed by atoms with Crippen molar-refractivity contribution in [3.63, 3.8) is 0 Å². The molecule has 4 nitrogen and oxygen atoms in total. The first kappa shape index (κ1) is 15.3. The lowest BCUT2D eigenvalue weighted by atomic mass is 10.2. The second kappa shape index (κ2) is 7.09. The minimum Gasteiger partial charge on any atom is -0.395 e. The van der Waals surface area contributed by atoms with E-state index in [-0.39, 0.29) is 6.61 Å². The van der Waals surface area contributed by atoms with Crippen LogP contribution in [-0.2, 0) is 20.1 Å². The van der Waals surface area contributed by atoms with Crippen LogP contribution < -0.4 is 0 Å². The highest BCUT2D eigenvalue weighted by Gasteiger charge is 2.10. The van der Waals surface area contributed by atoms with Gasteiger partial charge in [0.15, 0.2) is 0 Å². The van der Waals surface area contributed by atoms with Crippen molar-refractivity contribution >= 4 is 23.2 Å². The van der Waals surface area contributed by atoms with Gasteiger partial charge in [-0.25, -0.2) is 4.98 Å². The summed E-state index contributed by atoms with van der Waals surface area (Å²) in [6.07, 6.45) is 3.68. The van der Waals surface area contributed by atoms with Crippen LogP contribution in [-0.4, -0.2) is 32.7 Å². The van der Waals surface area contributed by atoms with Crippen molar-refractivity contribution in [3.05, 3.63) is 52.0 Å². The molecule has 6 heteroatoms. The summed E-state index contributed by atoms with van der Waals surface area (Å²) in [7, 11) is 1.96. The van der Waals surface area contributed by atoms with Crippen molar-refractivity contribution in [1.82, 2.24) is 14.5 Å². The average Bonchev–Trinajstić information content (AvgIpc) is 2.80. The lowest BCUT2D eigenvalue weighted by Crippen LogP contribution is -2.27. The smallest absolute Gasteiger partial charge is 0.122 e. The van der Waals surface area contributed by atoms with Crippen molar-refractivity contribution in [2.45, 2.75) is 13.1 Å². The first-order chi connectivity index (χ1) is 9.60. The molecule has 0 aliphatic rings. The number of rotatable bonds is 6. The summed E-state index contributed by atoms with van der Waals surface area (Å²) in [6.45, 7) is 2.04. The number of hydrogen-bond donors (Lipinski definition) is 1.